The Balaban J connectivity index is 1.77. The van der Waals surface area contributed by atoms with Crippen LogP contribution in [0.4, 0.5) is 10.1 Å². The molecular weight excluding hydrogens is 399 g/mol. The first kappa shape index (κ1) is 21.5. The van der Waals surface area contributed by atoms with Crippen LogP contribution < -0.4 is 5.32 Å². The number of anilines is 1. The van der Waals surface area contributed by atoms with Gasteiger partial charge in [0.2, 0.25) is 5.91 Å². The fraction of sp³-hybridized carbons (Fsp3) is 0.167. The highest BCUT2D eigenvalue weighted by molar-refractivity contribution is 7.11. The first-order chi connectivity index (χ1) is 14.5. The molecule has 0 unspecified atom stereocenters. The topological polar surface area (TPSA) is 49.4 Å². The quantitative estimate of drug-likeness (QED) is 0.540. The number of halogens is 1. The van der Waals surface area contributed by atoms with E-state index < -0.39 is 0 Å². The van der Waals surface area contributed by atoms with E-state index in [1.165, 1.54) is 28.4 Å². The molecule has 0 saturated heterocycles. The summed E-state index contributed by atoms with van der Waals surface area (Å²) in [5.41, 5.74) is 2.96. The Morgan fingerprint density at radius 1 is 1.07 bits per heavy atom. The van der Waals surface area contributed by atoms with Crippen LogP contribution >= 0.6 is 11.3 Å². The summed E-state index contributed by atoms with van der Waals surface area (Å²) < 4.78 is 13.2. The Kier molecular flexibility index (Phi) is 7.14. The van der Waals surface area contributed by atoms with E-state index >= 15 is 0 Å². The maximum absolute atomic E-state index is 13.2. The lowest BCUT2D eigenvalue weighted by Gasteiger charge is -2.19. The Morgan fingerprint density at radius 3 is 2.47 bits per heavy atom. The van der Waals surface area contributed by atoms with Gasteiger partial charge in [-0.2, -0.15) is 0 Å². The number of carbonyl (C=O) groups is 2. The molecule has 154 valence electrons. The zero-order valence-electron chi connectivity index (χ0n) is 16.9. The summed E-state index contributed by atoms with van der Waals surface area (Å²) in [4.78, 5) is 27.8. The van der Waals surface area contributed by atoms with Gasteiger partial charge in [-0.3, -0.25) is 9.59 Å². The van der Waals surface area contributed by atoms with Gasteiger partial charge in [0.25, 0.3) is 5.91 Å². The molecule has 0 spiro atoms. The average molecular weight is 423 g/mol. The summed E-state index contributed by atoms with van der Waals surface area (Å²) in [5, 5.41) is 4.77. The highest BCUT2D eigenvalue weighted by atomic mass is 32.1. The van der Waals surface area contributed by atoms with Crippen molar-refractivity contribution < 1.29 is 14.0 Å². The molecule has 30 heavy (non-hydrogen) atoms. The first-order valence-electron chi connectivity index (χ1n) is 9.62. The molecule has 0 aliphatic rings. The number of thiophene rings is 1. The molecule has 6 heteroatoms. The number of amides is 2. The fourth-order valence-electron chi connectivity index (χ4n) is 3.03. The summed E-state index contributed by atoms with van der Waals surface area (Å²) in [6.45, 7) is 1.94. The zero-order valence-corrected chi connectivity index (χ0v) is 17.7. The molecule has 0 aliphatic carbocycles. The number of benzene rings is 2. The van der Waals surface area contributed by atoms with Crippen LogP contribution in [0.1, 0.15) is 22.9 Å². The van der Waals surface area contributed by atoms with E-state index in [1.54, 1.807) is 25.3 Å². The lowest BCUT2D eigenvalue weighted by atomic mass is 10.1. The predicted octanol–water partition coefficient (Wildman–Crippen LogP) is 5.09. The van der Waals surface area contributed by atoms with Crippen molar-refractivity contribution in [2.45, 2.75) is 13.3 Å². The standard InChI is InChI=1S/C24H23FN2O2S/c1-3-18-7-4-5-8-21(18)26-23(28)16-27(2)24(29)20(22-9-6-14-30-22)15-17-10-12-19(25)13-11-17/h4-15H,3,16H2,1-2H3,(H,26,28). The molecule has 0 atom stereocenters. The van der Waals surface area contributed by atoms with Gasteiger partial charge in [-0.15, -0.1) is 11.3 Å². The normalized spacial score (nSPS) is 11.2. The van der Waals surface area contributed by atoms with Gasteiger partial charge in [-0.1, -0.05) is 43.3 Å². The molecule has 1 N–H and O–H groups in total. The van der Waals surface area contributed by atoms with E-state index in [0.717, 1.165) is 22.5 Å². The Bertz CT molecular complexity index is 1040. The second kappa shape index (κ2) is 9.98. The molecule has 0 radical (unpaired) electrons. The van der Waals surface area contributed by atoms with E-state index in [9.17, 15) is 14.0 Å². The van der Waals surface area contributed by atoms with Gasteiger partial charge in [-0.05, 0) is 53.3 Å². The Labute approximate surface area is 179 Å². The van der Waals surface area contributed by atoms with Crippen molar-refractivity contribution in [3.05, 3.63) is 87.9 Å². The minimum Gasteiger partial charge on any atom is -0.332 e. The monoisotopic (exact) mass is 422 g/mol. The largest absolute Gasteiger partial charge is 0.332 e. The number of para-hydroxylation sites is 1. The molecule has 2 amide bonds. The lowest BCUT2D eigenvalue weighted by molar-refractivity contribution is -0.128. The fourth-order valence-corrected chi connectivity index (χ4v) is 3.76. The second-order valence-electron chi connectivity index (χ2n) is 6.81. The van der Waals surface area contributed by atoms with Crippen molar-refractivity contribution in [1.29, 1.82) is 0 Å². The van der Waals surface area contributed by atoms with Gasteiger partial charge in [0.1, 0.15) is 5.82 Å². The smallest absolute Gasteiger partial charge is 0.255 e. The molecule has 0 fully saturated rings. The van der Waals surface area contributed by atoms with Crippen molar-refractivity contribution in [3.63, 3.8) is 0 Å². The minimum absolute atomic E-state index is 0.0803. The third-order valence-electron chi connectivity index (χ3n) is 4.60. The number of aryl methyl sites for hydroxylation is 1. The van der Waals surface area contributed by atoms with Gasteiger partial charge < -0.3 is 10.2 Å². The van der Waals surface area contributed by atoms with Crippen molar-refractivity contribution in [2.75, 3.05) is 18.9 Å². The molecule has 1 heterocycles. The summed E-state index contributed by atoms with van der Waals surface area (Å²) in [6.07, 6.45) is 2.52. The van der Waals surface area contributed by atoms with Crippen LogP contribution in [-0.2, 0) is 16.0 Å². The highest BCUT2D eigenvalue weighted by Crippen LogP contribution is 2.25. The molecule has 4 nitrogen and oxygen atoms in total. The van der Waals surface area contributed by atoms with Gasteiger partial charge in [0, 0.05) is 17.6 Å². The van der Waals surface area contributed by atoms with E-state index in [4.69, 9.17) is 0 Å². The van der Waals surface area contributed by atoms with E-state index in [1.807, 2.05) is 48.7 Å². The summed E-state index contributed by atoms with van der Waals surface area (Å²) in [7, 11) is 1.60. The molecule has 0 saturated carbocycles. The molecule has 2 aromatic carbocycles. The number of nitrogens with one attached hydrogen (secondary N) is 1. The molecule has 3 aromatic rings. The zero-order chi connectivity index (χ0) is 21.5. The summed E-state index contributed by atoms with van der Waals surface area (Å²) in [5.74, 6) is -0.878. The van der Waals surface area contributed by atoms with Crippen LogP contribution in [0.5, 0.6) is 0 Å². The van der Waals surface area contributed by atoms with Crippen LogP contribution in [0.2, 0.25) is 0 Å². The number of rotatable bonds is 7. The van der Waals surface area contributed by atoms with Crippen LogP contribution in [-0.4, -0.2) is 30.3 Å². The molecule has 0 aliphatic heterocycles. The van der Waals surface area contributed by atoms with E-state index in [0.29, 0.717) is 11.1 Å². The molecular formula is C24H23FN2O2S. The van der Waals surface area contributed by atoms with Crippen molar-refractivity contribution in [3.8, 4) is 0 Å². The second-order valence-corrected chi connectivity index (χ2v) is 7.75. The number of likely N-dealkylation sites (N-methyl/N-ethyl adjacent to an activating group) is 1. The van der Waals surface area contributed by atoms with Crippen molar-refractivity contribution >= 4 is 40.5 Å². The molecule has 1 aromatic heterocycles. The summed E-state index contributed by atoms with van der Waals surface area (Å²) in [6, 6.07) is 17.3. The van der Waals surface area contributed by atoms with Gasteiger partial charge in [0.05, 0.1) is 12.1 Å². The maximum Gasteiger partial charge on any atom is 0.255 e. The number of nitrogens with zero attached hydrogens (tertiary/aromatic N) is 1. The van der Waals surface area contributed by atoms with Crippen LogP contribution in [0.3, 0.4) is 0 Å². The first-order valence-corrected chi connectivity index (χ1v) is 10.5. The van der Waals surface area contributed by atoms with E-state index in [-0.39, 0.29) is 24.2 Å². The van der Waals surface area contributed by atoms with Crippen molar-refractivity contribution in [2.24, 2.45) is 0 Å². The van der Waals surface area contributed by atoms with Crippen LogP contribution in [0.25, 0.3) is 11.6 Å². The van der Waals surface area contributed by atoms with Crippen LogP contribution in [0.15, 0.2) is 66.0 Å². The Morgan fingerprint density at radius 2 is 1.80 bits per heavy atom. The van der Waals surface area contributed by atoms with Crippen molar-refractivity contribution in [1.82, 2.24) is 4.90 Å². The third-order valence-corrected chi connectivity index (χ3v) is 5.50. The highest BCUT2D eigenvalue weighted by Gasteiger charge is 2.20. The van der Waals surface area contributed by atoms with Gasteiger partial charge in [-0.25, -0.2) is 4.39 Å². The average Bonchev–Trinajstić information content (AvgIpc) is 3.27. The number of hydrogen-bond acceptors (Lipinski definition) is 3. The molecule has 0 bridgehead atoms. The lowest BCUT2D eigenvalue weighted by Crippen LogP contribution is -2.35. The van der Waals surface area contributed by atoms with Crippen LogP contribution in [0, 0.1) is 5.82 Å². The predicted molar refractivity (Wildman–Crippen MR) is 121 cm³/mol. The molecule has 3 rings (SSSR count). The van der Waals surface area contributed by atoms with Gasteiger partial charge in [0.15, 0.2) is 0 Å². The van der Waals surface area contributed by atoms with E-state index in [2.05, 4.69) is 5.32 Å². The minimum atomic E-state index is -0.336. The third kappa shape index (κ3) is 5.42. The number of carbonyl (C=O) groups excluding carboxylic acids is 2. The number of hydrogen-bond donors (Lipinski definition) is 1. The summed E-state index contributed by atoms with van der Waals surface area (Å²) >= 11 is 1.44. The Hall–Kier alpha value is -3.25. The SMILES string of the molecule is CCc1ccccc1NC(=O)CN(C)C(=O)C(=Cc1ccc(F)cc1)c1cccs1. The van der Waals surface area contributed by atoms with Gasteiger partial charge >= 0.3 is 0 Å². The maximum atomic E-state index is 13.2.